The van der Waals surface area contributed by atoms with Gasteiger partial charge in [0.25, 0.3) is 11.8 Å². The summed E-state index contributed by atoms with van der Waals surface area (Å²) < 4.78 is 29.9. The van der Waals surface area contributed by atoms with Crippen molar-refractivity contribution < 1.29 is 27.5 Å². The van der Waals surface area contributed by atoms with E-state index in [2.05, 4.69) is 10.0 Å². The molecule has 10 heteroatoms. The number of hydrogen-bond acceptors (Lipinski definition) is 6. The second-order valence-corrected chi connectivity index (χ2v) is 8.39. The third-order valence-electron chi connectivity index (χ3n) is 4.18. The summed E-state index contributed by atoms with van der Waals surface area (Å²) in [5.74, 6) is -1.50. The number of rotatable bonds is 9. The molecule has 2 amide bonds. The molecule has 0 heterocycles. The van der Waals surface area contributed by atoms with Crippen molar-refractivity contribution >= 4 is 39.2 Å². The predicted molar refractivity (Wildman–Crippen MR) is 118 cm³/mol. The highest BCUT2D eigenvalue weighted by molar-refractivity contribution is 7.92. The fraction of sp³-hybridized carbons (Fsp3) is 0.286. The van der Waals surface area contributed by atoms with E-state index in [1.54, 1.807) is 29.2 Å². The number of nitrogens with one attached hydrogen (secondary N) is 2. The third kappa shape index (κ3) is 7.41. The van der Waals surface area contributed by atoms with E-state index in [9.17, 15) is 22.8 Å². The summed E-state index contributed by atoms with van der Waals surface area (Å²) in [7, 11) is -3.49. The van der Waals surface area contributed by atoms with Crippen LogP contribution >= 0.6 is 0 Å². The van der Waals surface area contributed by atoms with Gasteiger partial charge in [-0.15, -0.1) is 0 Å². The van der Waals surface area contributed by atoms with Crippen LogP contribution in [0.2, 0.25) is 0 Å². The van der Waals surface area contributed by atoms with Gasteiger partial charge in [0.2, 0.25) is 10.0 Å². The molecule has 0 unspecified atom stereocenters. The molecule has 0 aromatic heterocycles. The van der Waals surface area contributed by atoms with E-state index in [4.69, 9.17) is 4.74 Å². The van der Waals surface area contributed by atoms with Gasteiger partial charge in [-0.1, -0.05) is 12.1 Å². The van der Waals surface area contributed by atoms with Gasteiger partial charge in [0.15, 0.2) is 6.61 Å². The van der Waals surface area contributed by atoms with E-state index in [1.807, 2.05) is 13.8 Å². The number of carbonyl (C=O) groups excluding carboxylic acids is 3. The lowest BCUT2D eigenvalue weighted by Gasteiger charge is -2.19. The maximum atomic E-state index is 12.4. The van der Waals surface area contributed by atoms with Gasteiger partial charge < -0.3 is 15.0 Å². The van der Waals surface area contributed by atoms with E-state index in [1.165, 1.54) is 24.3 Å². The highest BCUT2D eigenvalue weighted by atomic mass is 32.2. The summed E-state index contributed by atoms with van der Waals surface area (Å²) in [6.45, 7) is 4.37. The number of esters is 1. The lowest BCUT2D eigenvalue weighted by atomic mass is 10.1. The van der Waals surface area contributed by atoms with Crippen molar-refractivity contribution in [3.63, 3.8) is 0 Å². The number of carbonyl (C=O) groups is 3. The van der Waals surface area contributed by atoms with Crippen molar-refractivity contribution in [3.05, 3.63) is 59.7 Å². The molecule has 2 aromatic rings. The highest BCUT2D eigenvalue weighted by Gasteiger charge is 2.15. The van der Waals surface area contributed by atoms with Crippen LogP contribution in [0.1, 0.15) is 34.6 Å². The zero-order valence-corrected chi connectivity index (χ0v) is 18.4. The van der Waals surface area contributed by atoms with Crippen LogP contribution in [0.15, 0.2) is 48.5 Å². The van der Waals surface area contributed by atoms with Gasteiger partial charge in [0.05, 0.1) is 11.8 Å². The van der Waals surface area contributed by atoms with Crippen molar-refractivity contribution in [1.29, 1.82) is 0 Å². The number of nitrogens with zero attached hydrogens (tertiary/aromatic N) is 1. The summed E-state index contributed by atoms with van der Waals surface area (Å²) in [5.41, 5.74) is 1.14. The second-order valence-electron chi connectivity index (χ2n) is 6.64. The largest absolute Gasteiger partial charge is 0.452 e. The van der Waals surface area contributed by atoms with Crippen molar-refractivity contribution in [2.24, 2.45) is 0 Å². The van der Waals surface area contributed by atoms with Gasteiger partial charge >= 0.3 is 5.97 Å². The molecule has 0 aliphatic heterocycles. The maximum Gasteiger partial charge on any atom is 0.338 e. The fourth-order valence-corrected chi connectivity index (χ4v) is 3.31. The molecule has 9 nitrogen and oxygen atoms in total. The Labute approximate surface area is 181 Å². The van der Waals surface area contributed by atoms with Crippen LogP contribution in [0, 0.1) is 0 Å². The quantitative estimate of drug-likeness (QED) is 0.569. The molecule has 2 N–H and O–H groups in total. The first-order valence-corrected chi connectivity index (χ1v) is 11.5. The Bertz CT molecular complexity index is 1060. The molecular weight excluding hydrogens is 422 g/mol. The molecule has 0 bridgehead atoms. The molecule has 0 spiro atoms. The molecule has 166 valence electrons. The van der Waals surface area contributed by atoms with E-state index in [0.29, 0.717) is 24.3 Å². The third-order valence-corrected chi connectivity index (χ3v) is 4.79. The molecule has 0 fully saturated rings. The first kappa shape index (κ1) is 23.9. The monoisotopic (exact) mass is 447 g/mol. The van der Waals surface area contributed by atoms with E-state index < -0.39 is 28.5 Å². The van der Waals surface area contributed by atoms with Crippen LogP contribution in [-0.4, -0.2) is 57.1 Å². The predicted octanol–water partition coefficient (Wildman–Crippen LogP) is 2.34. The van der Waals surface area contributed by atoms with Crippen LogP contribution < -0.4 is 10.0 Å². The lowest BCUT2D eigenvalue weighted by Crippen LogP contribution is -2.30. The zero-order valence-electron chi connectivity index (χ0n) is 17.5. The van der Waals surface area contributed by atoms with E-state index in [0.717, 1.165) is 6.26 Å². The number of sulfonamides is 1. The summed E-state index contributed by atoms with van der Waals surface area (Å²) in [6.07, 6.45) is 0.993. The Kier molecular flexibility index (Phi) is 8.14. The molecule has 0 aliphatic rings. The van der Waals surface area contributed by atoms with E-state index >= 15 is 0 Å². The van der Waals surface area contributed by atoms with Gasteiger partial charge in [0.1, 0.15) is 0 Å². The molecule has 0 atom stereocenters. The number of amides is 2. The lowest BCUT2D eigenvalue weighted by molar-refractivity contribution is -0.119. The minimum Gasteiger partial charge on any atom is -0.452 e. The highest BCUT2D eigenvalue weighted by Crippen LogP contribution is 2.14. The van der Waals surface area contributed by atoms with Crippen LogP contribution in [0.5, 0.6) is 0 Å². The van der Waals surface area contributed by atoms with Crippen molar-refractivity contribution in [3.8, 4) is 0 Å². The van der Waals surface area contributed by atoms with Gasteiger partial charge in [-0.05, 0) is 50.2 Å². The van der Waals surface area contributed by atoms with Crippen molar-refractivity contribution in [2.75, 3.05) is 36.0 Å². The number of hydrogen-bond donors (Lipinski definition) is 2. The summed E-state index contributed by atoms with van der Waals surface area (Å²) in [6, 6.07) is 12.2. The standard InChI is InChI=1S/C21H25N3O6S/c1-4-24(5-2)20(26)15-8-6-10-17(12-15)22-19(25)14-30-21(27)16-9-7-11-18(13-16)23-31(3,28)29/h6-13,23H,4-5,14H2,1-3H3,(H,22,25). The van der Waals surface area contributed by atoms with Crippen LogP contribution in [-0.2, 0) is 19.6 Å². The van der Waals surface area contributed by atoms with Crippen molar-refractivity contribution in [2.45, 2.75) is 13.8 Å². The summed E-state index contributed by atoms with van der Waals surface area (Å²) in [5, 5.41) is 2.58. The Balaban J connectivity index is 1.97. The van der Waals surface area contributed by atoms with Gasteiger partial charge in [-0.3, -0.25) is 14.3 Å². The minimum absolute atomic E-state index is 0.0910. The Morgan fingerprint density at radius 1 is 0.935 bits per heavy atom. The number of benzene rings is 2. The zero-order chi connectivity index (χ0) is 23.0. The molecule has 2 rings (SSSR count). The average Bonchev–Trinajstić information content (AvgIpc) is 2.72. The summed E-state index contributed by atoms with van der Waals surface area (Å²) >= 11 is 0. The molecule has 0 saturated carbocycles. The maximum absolute atomic E-state index is 12.4. The van der Waals surface area contributed by atoms with Gasteiger partial charge in [-0.25, -0.2) is 13.2 Å². The topological polar surface area (TPSA) is 122 Å². The average molecular weight is 448 g/mol. The Morgan fingerprint density at radius 3 is 2.13 bits per heavy atom. The summed E-state index contributed by atoms with van der Waals surface area (Å²) in [4.78, 5) is 38.4. The van der Waals surface area contributed by atoms with Crippen LogP contribution in [0.3, 0.4) is 0 Å². The first-order valence-electron chi connectivity index (χ1n) is 9.57. The molecule has 0 saturated heterocycles. The molecular formula is C21H25N3O6S. The van der Waals surface area contributed by atoms with Crippen LogP contribution in [0.4, 0.5) is 11.4 Å². The molecule has 0 radical (unpaired) electrons. The fourth-order valence-electron chi connectivity index (χ4n) is 2.76. The SMILES string of the molecule is CCN(CC)C(=O)c1cccc(NC(=O)COC(=O)c2cccc(NS(C)(=O)=O)c2)c1. The Hall–Kier alpha value is -3.40. The minimum atomic E-state index is -3.49. The first-order chi connectivity index (χ1) is 14.6. The molecule has 31 heavy (non-hydrogen) atoms. The molecule has 2 aromatic carbocycles. The number of anilines is 2. The van der Waals surface area contributed by atoms with Crippen molar-refractivity contribution in [1.82, 2.24) is 4.90 Å². The number of ether oxygens (including phenoxy) is 1. The van der Waals surface area contributed by atoms with Crippen LogP contribution in [0.25, 0.3) is 0 Å². The van der Waals surface area contributed by atoms with Gasteiger partial charge in [0, 0.05) is 30.0 Å². The normalized spacial score (nSPS) is 10.8. The molecule has 0 aliphatic carbocycles. The smallest absolute Gasteiger partial charge is 0.338 e. The second kappa shape index (κ2) is 10.6. The van der Waals surface area contributed by atoms with E-state index in [-0.39, 0.29) is 17.2 Å². The Morgan fingerprint density at radius 2 is 1.52 bits per heavy atom. The van der Waals surface area contributed by atoms with Gasteiger partial charge in [-0.2, -0.15) is 0 Å².